The zero-order valence-corrected chi connectivity index (χ0v) is 15.4. The fraction of sp³-hybridized carbons (Fsp3) is 0.238. The molecule has 0 aliphatic rings. The first-order valence-electron chi connectivity index (χ1n) is 8.38. The molecule has 25 heavy (non-hydrogen) atoms. The lowest BCUT2D eigenvalue weighted by atomic mass is 9.88. The van der Waals surface area contributed by atoms with Gasteiger partial charge >= 0.3 is 0 Å². The van der Waals surface area contributed by atoms with Gasteiger partial charge in [0.2, 0.25) is 5.91 Å². The van der Waals surface area contributed by atoms with E-state index in [1.54, 1.807) is 16.2 Å². The van der Waals surface area contributed by atoms with Gasteiger partial charge in [-0.05, 0) is 18.1 Å². The minimum absolute atomic E-state index is 0.0700. The first-order chi connectivity index (χ1) is 12.1. The molecule has 0 saturated carbocycles. The molecule has 0 bridgehead atoms. The minimum Gasteiger partial charge on any atom is -0.341 e. The van der Waals surface area contributed by atoms with E-state index in [0.29, 0.717) is 13.0 Å². The molecule has 1 aromatic heterocycles. The van der Waals surface area contributed by atoms with Gasteiger partial charge in [0.05, 0.1) is 11.6 Å². The summed E-state index contributed by atoms with van der Waals surface area (Å²) < 4.78 is 0. The van der Waals surface area contributed by atoms with E-state index >= 15 is 0 Å². The maximum Gasteiger partial charge on any atom is 0.223 e. The number of carbonyl (C=O) groups excluding carboxylic acids is 1. The second kappa shape index (κ2) is 8.08. The molecule has 1 heterocycles. The van der Waals surface area contributed by atoms with Crippen molar-refractivity contribution < 1.29 is 4.79 Å². The smallest absolute Gasteiger partial charge is 0.223 e. The van der Waals surface area contributed by atoms with E-state index in [9.17, 15) is 4.79 Å². The third-order valence-electron chi connectivity index (χ3n) is 4.27. The molecular weight excluding hydrogens is 328 g/mol. The average Bonchev–Trinajstić information content (AvgIpc) is 3.05. The van der Waals surface area contributed by atoms with E-state index in [1.165, 1.54) is 11.1 Å². The summed E-state index contributed by atoms with van der Waals surface area (Å²) in [7, 11) is 1.87. The number of aromatic nitrogens is 1. The molecular formula is C21H22N2OS. The van der Waals surface area contributed by atoms with Crippen molar-refractivity contribution in [3.05, 3.63) is 87.9 Å². The van der Waals surface area contributed by atoms with Crippen LogP contribution in [0, 0.1) is 6.92 Å². The molecule has 1 amide bonds. The van der Waals surface area contributed by atoms with Crippen molar-refractivity contribution >= 4 is 17.2 Å². The van der Waals surface area contributed by atoms with Crippen molar-refractivity contribution in [2.24, 2.45) is 0 Å². The molecule has 0 fully saturated rings. The van der Waals surface area contributed by atoms with Crippen LogP contribution in [0.4, 0.5) is 0 Å². The Labute approximate surface area is 153 Å². The lowest BCUT2D eigenvalue weighted by molar-refractivity contribution is -0.130. The summed E-state index contributed by atoms with van der Waals surface area (Å²) in [5, 5.41) is 1.03. The van der Waals surface area contributed by atoms with Crippen LogP contribution >= 0.6 is 11.3 Å². The lowest BCUT2D eigenvalue weighted by Crippen LogP contribution is -2.27. The number of carbonyl (C=O) groups is 1. The van der Waals surface area contributed by atoms with Crippen molar-refractivity contribution in [2.45, 2.75) is 25.8 Å². The van der Waals surface area contributed by atoms with Crippen LogP contribution in [0.2, 0.25) is 0 Å². The van der Waals surface area contributed by atoms with Crippen LogP contribution < -0.4 is 0 Å². The van der Waals surface area contributed by atoms with Gasteiger partial charge in [-0.15, -0.1) is 11.3 Å². The number of benzene rings is 2. The Balaban J connectivity index is 1.76. The number of aryl methyl sites for hydroxylation is 1. The summed E-state index contributed by atoms with van der Waals surface area (Å²) in [6, 6.07) is 20.5. The number of hydrogen-bond donors (Lipinski definition) is 0. The Morgan fingerprint density at radius 2 is 1.60 bits per heavy atom. The van der Waals surface area contributed by atoms with Crippen LogP contribution in [0.1, 0.15) is 33.4 Å². The molecule has 0 atom stereocenters. The van der Waals surface area contributed by atoms with Crippen molar-refractivity contribution in [3.8, 4) is 0 Å². The molecule has 3 nitrogen and oxygen atoms in total. The summed E-state index contributed by atoms with van der Waals surface area (Å²) >= 11 is 1.64. The highest BCUT2D eigenvalue weighted by molar-refractivity contribution is 7.11. The first kappa shape index (κ1) is 17.4. The SMILES string of the molecule is Cc1ncc(CN(C)C(=O)CC(c2ccccc2)c2ccccc2)s1. The first-order valence-corrected chi connectivity index (χ1v) is 9.20. The Bertz CT molecular complexity index is 775. The third-order valence-corrected chi connectivity index (χ3v) is 5.17. The molecule has 0 N–H and O–H groups in total. The maximum atomic E-state index is 12.8. The normalized spacial score (nSPS) is 10.8. The van der Waals surface area contributed by atoms with Crippen molar-refractivity contribution in [2.75, 3.05) is 7.05 Å². The van der Waals surface area contributed by atoms with Crippen LogP contribution in [0.25, 0.3) is 0 Å². The summed E-state index contributed by atoms with van der Waals surface area (Å²) in [6.07, 6.45) is 2.32. The van der Waals surface area contributed by atoms with Crippen molar-refractivity contribution in [1.82, 2.24) is 9.88 Å². The summed E-state index contributed by atoms with van der Waals surface area (Å²) in [5.41, 5.74) is 2.34. The molecule has 0 spiro atoms. The van der Waals surface area contributed by atoms with Gasteiger partial charge in [-0.1, -0.05) is 60.7 Å². The molecule has 0 aliphatic carbocycles. The highest BCUT2D eigenvalue weighted by Gasteiger charge is 2.20. The van der Waals surface area contributed by atoms with Crippen LogP contribution in [-0.4, -0.2) is 22.8 Å². The van der Waals surface area contributed by atoms with Crippen LogP contribution in [0.15, 0.2) is 66.9 Å². The molecule has 0 aliphatic heterocycles. The fourth-order valence-electron chi connectivity index (χ4n) is 2.93. The molecule has 4 heteroatoms. The van der Waals surface area contributed by atoms with Gasteiger partial charge in [0.25, 0.3) is 0 Å². The van der Waals surface area contributed by atoms with Crippen molar-refractivity contribution in [1.29, 1.82) is 0 Å². The molecule has 3 rings (SSSR count). The van der Waals surface area contributed by atoms with Crippen LogP contribution in [0.3, 0.4) is 0 Å². The van der Waals surface area contributed by atoms with Gasteiger partial charge in [0.15, 0.2) is 0 Å². The van der Waals surface area contributed by atoms with Crippen LogP contribution in [0.5, 0.6) is 0 Å². The Kier molecular flexibility index (Phi) is 5.61. The van der Waals surface area contributed by atoms with E-state index in [2.05, 4.69) is 29.2 Å². The number of nitrogens with zero attached hydrogens (tertiary/aromatic N) is 2. The highest BCUT2D eigenvalue weighted by atomic mass is 32.1. The molecule has 0 radical (unpaired) electrons. The van der Waals surface area contributed by atoms with E-state index in [0.717, 1.165) is 9.88 Å². The van der Waals surface area contributed by atoms with Gasteiger partial charge in [-0.2, -0.15) is 0 Å². The Morgan fingerprint density at radius 1 is 1.04 bits per heavy atom. The maximum absolute atomic E-state index is 12.8. The van der Waals surface area contributed by atoms with E-state index in [4.69, 9.17) is 0 Å². The van der Waals surface area contributed by atoms with Gasteiger partial charge in [0, 0.05) is 30.5 Å². The zero-order valence-electron chi connectivity index (χ0n) is 14.6. The third kappa shape index (κ3) is 4.54. The lowest BCUT2D eigenvalue weighted by Gasteiger charge is -2.22. The predicted octanol–water partition coefficient (Wildman–Crippen LogP) is 4.63. The summed E-state index contributed by atoms with van der Waals surface area (Å²) in [6.45, 7) is 2.59. The average molecular weight is 350 g/mol. The molecule has 2 aromatic carbocycles. The second-order valence-electron chi connectivity index (χ2n) is 6.17. The summed E-state index contributed by atoms with van der Waals surface area (Å²) in [4.78, 5) is 20.0. The van der Waals surface area contributed by atoms with Gasteiger partial charge in [-0.25, -0.2) is 4.98 Å². The minimum atomic E-state index is 0.0700. The Hall–Kier alpha value is -2.46. The number of hydrogen-bond acceptors (Lipinski definition) is 3. The highest BCUT2D eigenvalue weighted by Crippen LogP contribution is 2.28. The van der Waals surface area contributed by atoms with Crippen molar-refractivity contribution in [3.63, 3.8) is 0 Å². The number of thiazole rings is 1. The fourth-order valence-corrected chi connectivity index (χ4v) is 3.78. The number of rotatable bonds is 6. The standard InChI is InChI=1S/C21H22N2OS/c1-16-22-14-19(25-16)15-23(2)21(24)13-20(17-9-5-3-6-10-17)18-11-7-4-8-12-18/h3-12,14,20H,13,15H2,1-2H3. The topological polar surface area (TPSA) is 33.2 Å². The van der Waals surface area contributed by atoms with Gasteiger partial charge in [0.1, 0.15) is 0 Å². The quantitative estimate of drug-likeness (QED) is 0.649. The summed E-state index contributed by atoms with van der Waals surface area (Å²) in [5.74, 6) is 0.212. The Morgan fingerprint density at radius 3 is 2.08 bits per heavy atom. The van der Waals surface area contributed by atoms with E-state index in [-0.39, 0.29) is 11.8 Å². The van der Waals surface area contributed by atoms with Crippen LogP contribution in [-0.2, 0) is 11.3 Å². The number of amides is 1. The van der Waals surface area contributed by atoms with E-state index < -0.39 is 0 Å². The molecule has 128 valence electrons. The monoisotopic (exact) mass is 350 g/mol. The van der Waals surface area contributed by atoms with E-state index in [1.807, 2.05) is 56.6 Å². The molecule has 0 unspecified atom stereocenters. The van der Waals surface area contributed by atoms with Gasteiger partial charge in [-0.3, -0.25) is 4.79 Å². The largest absolute Gasteiger partial charge is 0.341 e. The predicted molar refractivity (Wildman–Crippen MR) is 103 cm³/mol. The molecule has 0 saturated heterocycles. The zero-order chi connectivity index (χ0) is 17.6. The van der Waals surface area contributed by atoms with Gasteiger partial charge < -0.3 is 4.90 Å². The molecule has 3 aromatic rings. The second-order valence-corrected chi connectivity index (χ2v) is 7.49.